The van der Waals surface area contributed by atoms with Crippen LogP contribution in [0.3, 0.4) is 0 Å². The number of ether oxygens (including phenoxy) is 1. The minimum atomic E-state index is -0.648. The smallest absolute Gasteiger partial charge is 0.230 e. The molecule has 4 unspecified atom stereocenters. The van der Waals surface area contributed by atoms with Crippen LogP contribution in [0.1, 0.15) is 16.0 Å². The number of amides is 2. The van der Waals surface area contributed by atoms with Crippen molar-refractivity contribution >= 4 is 23.2 Å². The minimum Gasteiger partial charge on any atom is -0.360 e. The molecule has 0 radical (unpaired) electrons. The maximum atomic E-state index is 13.2. The van der Waals surface area contributed by atoms with Crippen LogP contribution in [0.5, 0.6) is 0 Å². The van der Waals surface area contributed by atoms with Gasteiger partial charge in [0, 0.05) is 11.4 Å². The van der Waals surface area contributed by atoms with E-state index >= 15 is 0 Å². The minimum absolute atomic E-state index is 0.0238. The lowest BCUT2D eigenvalue weighted by Crippen LogP contribution is -2.43. The van der Waals surface area contributed by atoms with Gasteiger partial charge in [0.1, 0.15) is 5.60 Å². The van der Waals surface area contributed by atoms with Crippen LogP contribution in [0.25, 0.3) is 0 Å². The Balaban J connectivity index is 1.32. The van der Waals surface area contributed by atoms with Crippen molar-refractivity contribution in [3.8, 4) is 0 Å². The molecule has 1 N–H and O–H groups in total. The van der Waals surface area contributed by atoms with Crippen molar-refractivity contribution in [1.29, 1.82) is 0 Å². The lowest BCUT2D eigenvalue weighted by atomic mass is 9.77. The number of nitrogens with zero attached hydrogens (tertiary/aromatic N) is 1. The Morgan fingerprint density at radius 1 is 1.32 bits per heavy atom. The van der Waals surface area contributed by atoms with Gasteiger partial charge in [-0.2, -0.15) is 0 Å². The summed E-state index contributed by atoms with van der Waals surface area (Å²) in [6.45, 7) is 3.59. The molecule has 1 aromatic heterocycles. The Morgan fingerprint density at radius 3 is 2.89 bits per heavy atom. The maximum absolute atomic E-state index is 13.2. The van der Waals surface area contributed by atoms with Crippen LogP contribution in [0.15, 0.2) is 53.9 Å². The molecule has 2 aromatic rings. The molecule has 2 bridgehead atoms. The summed E-state index contributed by atoms with van der Waals surface area (Å²) in [4.78, 5) is 29.1. The molecular weight excluding hydrogens is 372 g/mol. The number of carbonyl (C=O) groups is 2. The van der Waals surface area contributed by atoms with Gasteiger partial charge in [-0.05, 0) is 23.9 Å². The molecule has 0 saturated carbocycles. The lowest BCUT2D eigenvalue weighted by Gasteiger charge is -2.23. The second-order valence-electron chi connectivity index (χ2n) is 7.88. The molecule has 28 heavy (non-hydrogen) atoms. The van der Waals surface area contributed by atoms with Gasteiger partial charge in [0.15, 0.2) is 0 Å². The van der Waals surface area contributed by atoms with Crippen LogP contribution in [0.2, 0.25) is 0 Å². The van der Waals surface area contributed by atoms with Crippen molar-refractivity contribution in [3.63, 3.8) is 0 Å². The van der Waals surface area contributed by atoms with E-state index in [1.54, 1.807) is 11.3 Å². The maximum Gasteiger partial charge on any atom is 0.230 e. The Hall–Kier alpha value is -2.44. The van der Waals surface area contributed by atoms with Crippen LogP contribution in [-0.2, 0) is 27.4 Å². The highest BCUT2D eigenvalue weighted by Crippen LogP contribution is 2.52. The Bertz CT molecular complexity index is 937. The molecule has 3 aliphatic heterocycles. The molecule has 2 amide bonds. The third-order valence-electron chi connectivity index (χ3n) is 6.00. The van der Waals surface area contributed by atoms with Crippen molar-refractivity contribution < 1.29 is 14.3 Å². The molecule has 5 nitrogen and oxygen atoms in total. The number of rotatable bonds is 5. The fourth-order valence-electron chi connectivity index (χ4n) is 4.62. The topological polar surface area (TPSA) is 58.6 Å². The van der Waals surface area contributed by atoms with E-state index in [9.17, 15) is 9.59 Å². The number of fused-ring (bicyclic) bond motifs is 1. The van der Waals surface area contributed by atoms with Gasteiger partial charge in [0.2, 0.25) is 11.8 Å². The summed E-state index contributed by atoms with van der Waals surface area (Å²) in [7, 11) is 0. The first kappa shape index (κ1) is 17.6. The largest absolute Gasteiger partial charge is 0.360 e. The summed E-state index contributed by atoms with van der Waals surface area (Å²) in [5, 5.41) is 5.03. The highest BCUT2D eigenvalue weighted by molar-refractivity contribution is 7.09. The Kier molecular flexibility index (Phi) is 4.14. The fraction of sp³-hybridized carbons (Fsp3) is 0.364. The standard InChI is InChI=1S/C22H22N2O3S/c1-14-4-6-15(7-5-14)11-23-20(25)18-17-8-9-22(27-17)13-24(21(26)19(18)22)12-16-3-2-10-28-16/h2-10,17-19H,11-13H2,1H3,(H,23,25). The van der Waals surface area contributed by atoms with Crippen molar-refractivity contribution in [2.75, 3.05) is 6.54 Å². The third-order valence-corrected chi connectivity index (χ3v) is 6.86. The molecule has 6 heteroatoms. The zero-order valence-electron chi connectivity index (χ0n) is 15.6. The molecule has 2 fully saturated rings. The zero-order chi connectivity index (χ0) is 19.3. The van der Waals surface area contributed by atoms with Gasteiger partial charge in [0.25, 0.3) is 0 Å². The molecule has 144 valence electrons. The van der Waals surface area contributed by atoms with Gasteiger partial charge >= 0.3 is 0 Å². The third kappa shape index (κ3) is 2.79. The van der Waals surface area contributed by atoms with E-state index in [0.717, 1.165) is 10.4 Å². The van der Waals surface area contributed by atoms with Crippen LogP contribution in [0, 0.1) is 18.8 Å². The number of hydrogen-bond donors (Lipinski definition) is 1. The van der Waals surface area contributed by atoms with Gasteiger partial charge in [-0.1, -0.05) is 48.0 Å². The second-order valence-corrected chi connectivity index (χ2v) is 8.91. The first-order chi connectivity index (χ1) is 13.6. The van der Waals surface area contributed by atoms with Crippen LogP contribution < -0.4 is 5.32 Å². The number of aryl methyl sites for hydroxylation is 1. The molecule has 4 heterocycles. The number of thiophene rings is 1. The van der Waals surface area contributed by atoms with Crippen molar-refractivity contribution in [1.82, 2.24) is 10.2 Å². The Labute approximate surface area is 168 Å². The molecule has 4 atom stereocenters. The average molecular weight is 394 g/mol. The highest BCUT2D eigenvalue weighted by atomic mass is 32.1. The van der Waals surface area contributed by atoms with Crippen molar-refractivity contribution in [2.24, 2.45) is 11.8 Å². The summed E-state index contributed by atoms with van der Waals surface area (Å²) in [6.07, 6.45) is 3.64. The lowest BCUT2D eigenvalue weighted by molar-refractivity contribution is -0.137. The molecule has 2 saturated heterocycles. The Morgan fingerprint density at radius 2 is 2.14 bits per heavy atom. The number of nitrogens with one attached hydrogen (secondary N) is 1. The molecule has 1 aromatic carbocycles. The molecule has 5 rings (SSSR count). The summed E-state index contributed by atoms with van der Waals surface area (Å²) in [6, 6.07) is 12.1. The average Bonchev–Trinajstić information content (AvgIpc) is 3.45. The molecule has 3 aliphatic rings. The van der Waals surface area contributed by atoms with Crippen molar-refractivity contribution in [3.05, 3.63) is 69.9 Å². The molecule has 1 spiro atoms. The van der Waals surface area contributed by atoms with E-state index in [1.807, 2.05) is 65.8 Å². The monoisotopic (exact) mass is 394 g/mol. The van der Waals surface area contributed by atoms with Crippen molar-refractivity contribution in [2.45, 2.75) is 31.7 Å². The first-order valence-electron chi connectivity index (χ1n) is 9.57. The van der Waals surface area contributed by atoms with Gasteiger partial charge in [-0.3, -0.25) is 9.59 Å². The van der Waals surface area contributed by atoms with Gasteiger partial charge in [-0.25, -0.2) is 0 Å². The van der Waals surface area contributed by atoms with Crippen LogP contribution in [0.4, 0.5) is 0 Å². The first-order valence-corrected chi connectivity index (χ1v) is 10.5. The van der Waals surface area contributed by atoms with Crippen LogP contribution >= 0.6 is 11.3 Å². The zero-order valence-corrected chi connectivity index (χ0v) is 16.4. The van der Waals surface area contributed by atoms with E-state index in [0.29, 0.717) is 19.6 Å². The number of carbonyl (C=O) groups excluding carboxylic acids is 2. The van der Waals surface area contributed by atoms with E-state index < -0.39 is 17.4 Å². The molecular formula is C22H22N2O3S. The SMILES string of the molecule is Cc1ccc(CNC(=O)C2C3C=CC4(CN(Cc5cccs5)C(=O)C24)O3)cc1. The normalized spacial score (nSPS) is 30.1. The quantitative estimate of drug-likeness (QED) is 0.794. The summed E-state index contributed by atoms with van der Waals surface area (Å²) in [5.74, 6) is -0.972. The van der Waals surface area contributed by atoms with E-state index in [4.69, 9.17) is 4.74 Å². The summed E-state index contributed by atoms with van der Waals surface area (Å²) in [5.41, 5.74) is 1.58. The number of hydrogen-bond acceptors (Lipinski definition) is 4. The highest BCUT2D eigenvalue weighted by Gasteiger charge is 2.66. The number of benzene rings is 1. The van der Waals surface area contributed by atoms with Gasteiger partial charge in [-0.15, -0.1) is 11.3 Å². The fourth-order valence-corrected chi connectivity index (χ4v) is 5.33. The van der Waals surface area contributed by atoms with E-state index in [-0.39, 0.29) is 17.9 Å². The number of likely N-dealkylation sites (tertiary alicyclic amines) is 1. The predicted molar refractivity (Wildman–Crippen MR) is 106 cm³/mol. The van der Waals surface area contributed by atoms with Gasteiger partial charge in [0.05, 0.1) is 31.0 Å². The van der Waals surface area contributed by atoms with E-state index in [2.05, 4.69) is 5.32 Å². The summed E-state index contributed by atoms with van der Waals surface area (Å²) < 4.78 is 6.17. The van der Waals surface area contributed by atoms with Crippen LogP contribution in [-0.4, -0.2) is 35.0 Å². The van der Waals surface area contributed by atoms with E-state index in [1.165, 1.54) is 5.56 Å². The van der Waals surface area contributed by atoms with Gasteiger partial charge < -0.3 is 15.0 Å². The molecule has 0 aliphatic carbocycles. The second kappa shape index (κ2) is 6.57. The predicted octanol–water partition coefficient (Wildman–Crippen LogP) is 2.65. The summed E-state index contributed by atoms with van der Waals surface area (Å²) >= 11 is 1.64.